The molecule has 0 aliphatic carbocycles. The summed E-state index contributed by atoms with van der Waals surface area (Å²) in [7, 11) is 0. The lowest BCUT2D eigenvalue weighted by Gasteiger charge is -2.19. The third-order valence-corrected chi connectivity index (χ3v) is 3.13. The molecule has 0 aliphatic rings. The number of hydrogen-bond donors (Lipinski definition) is 0. The zero-order chi connectivity index (χ0) is 15.7. The van der Waals surface area contributed by atoms with Crippen molar-refractivity contribution < 1.29 is 9.53 Å². The van der Waals surface area contributed by atoms with E-state index in [0.717, 1.165) is 16.5 Å². The number of fused-ring (bicyclic) bond motifs is 1. The summed E-state index contributed by atoms with van der Waals surface area (Å²) < 4.78 is 6.90. The molecule has 0 aromatic carbocycles. The first-order chi connectivity index (χ1) is 10.5. The van der Waals surface area contributed by atoms with E-state index in [1.807, 2.05) is 45.0 Å². The van der Waals surface area contributed by atoms with Crippen LogP contribution in [0, 0.1) is 0 Å². The second-order valence-electron chi connectivity index (χ2n) is 6.01. The van der Waals surface area contributed by atoms with Crippen LogP contribution in [-0.4, -0.2) is 26.2 Å². The zero-order valence-electron chi connectivity index (χ0n) is 12.8. The number of carbonyl (C=O) groups excluding carboxylic acids is 1. The number of carbonyl (C=O) groups is 1. The summed E-state index contributed by atoms with van der Waals surface area (Å²) in [5.41, 5.74) is 1.86. The maximum absolute atomic E-state index is 12.4. The Hall–Kier alpha value is -2.69. The molecule has 0 amide bonds. The first kappa shape index (κ1) is 14.3. The van der Waals surface area contributed by atoms with E-state index < -0.39 is 11.7 Å². The second kappa shape index (κ2) is 5.26. The van der Waals surface area contributed by atoms with Crippen LogP contribution in [0.4, 0.5) is 4.79 Å². The molecule has 0 aliphatic heterocycles. The van der Waals surface area contributed by atoms with E-state index >= 15 is 0 Å². The first-order valence-corrected chi connectivity index (χ1v) is 7.05. The van der Waals surface area contributed by atoms with Gasteiger partial charge in [-0.3, -0.25) is 4.98 Å². The number of aromatic nitrogens is 3. The van der Waals surface area contributed by atoms with Gasteiger partial charge in [-0.25, -0.2) is 14.3 Å². The van der Waals surface area contributed by atoms with Gasteiger partial charge in [0.25, 0.3) is 0 Å². The quantitative estimate of drug-likeness (QED) is 0.683. The third kappa shape index (κ3) is 2.70. The van der Waals surface area contributed by atoms with Crippen LogP contribution in [0.3, 0.4) is 0 Å². The Morgan fingerprint density at radius 2 is 1.95 bits per heavy atom. The molecular weight excluding hydrogens is 278 g/mol. The molecule has 0 fully saturated rings. The number of nitrogens with zero attached hydrogens (tertiary/aromatic N) is 3. The first-order valence-electron chi connectivity index (χ1n) is 7.05. The average molecular weight is 295 g/mol. The summed E-state index contributed by atoms with van der Waals surface area (Å²) in [4.78, 5) is 20.9. The van der Waals surface area contributed by atoms with Crippen LogP contribution < -0.4 is 0 Å². The molecule has 3 heterocycles. The summed E-state index contributed by atoms with van der Waals surface area (Å²) >= 11 is 0. The van der Waals surface area contributed by atoms with E-state index in [1.165, 1.54) is 4.57 Å². The highest BCUT2D eigenvalue weighted by molar-refractivity contribution is 5.98. The lowest BCUT2D eigenvalue weighted by atomic mass is 10.1. The minimum Gasteiger partial charge on any atom is -0.443 e. The molecule has 0 radical (unpaired) electrons. The molecule has 0 atom stereocenters. The molecule has 0 saturated carbocycles. The van der Waals surface area contributed by atoms with E-state index in [-0.39, 0.29) is 0 Å². The second-order valence-corrected chi connectivity index (χ2v) is 6.01. The van der Waals surface area contributed by atoms with Gasteiger partial charge in [0.15, 0.2) is 0 Å². The van der Waals surface area contributed by atoms with Gasteiger partial charge in [0.05, 0.1) is 0 Å². The van der Waals surface area contributed by atoms with Crippen LogP contribution in [0.25, 0.3) is 22.2 Å². The van der Waals surface area contributed by atoms with E-state index in [2.05, 4.69) is 9.97 Å². The molecule has 0 saturated heterocycles. The molecule has 112 valence electrons. The van der Waals surface area contributed by atoms with Gasteiger partial charge in [-0.2, -0.15) is 0 Å². The van der Waals surface area contributed by atoms with Gasteiger partial charge in [-0.1, -0.05) is 6.07 Å². The van der Waals surface area contributed by atoms with Crippen molar-refractivity contribution in [3.63, 3.8) is 0 Å². The summed E-state index contributed by atoms with van der Waals surface area (Å²) in [5, 5.41) is 0.890. The number of hydrogen-bond acceptors (Lipinski definition) is 4. The van der Waals surface area contributed by atoms with E-state index in [4.69, 9.17) is 4.74 Å². The maximum atomic E-state index is 12.4. The van der Waals surface area contributed by atoms with Crippen molar-refractivity contribution in [1.82, 2.24) is 14.5 Å². The molecule has 3 aromatic heterocycles. The van der Waals surface area contributed by atoms with Crippen LogP contribution in [-0.2, 0) is 4.74 Å². The van der Waals surface area contributed by atoms with Crippen molar-refractivity contribution in [2.75, 3.05) is 0 Å². The number of rotatable bonds is 1. The topological polar surface area (TPSA) is 57.0 Å². The Bertz CT molecular complexity index is 817. The van der Waals surface area contributed by atoms with Crippen LogP contribution in [0.15, 0.2) is 49.1 Å². The predicted octanol–water partition coefficient (Wildman–Crippen LogP) is 3.88. The monoisotopic (exact) mass is 295 g/mol. The smallest absolute Gasteiger partial charge is 0.420 e. The lowest BCUT2D eigenvalue weighted by molar-refractivity contribution is 0.0544. The largest absolute Gasteiger partial charge is 0.443 e. The van der Waals surface area contributed by atoms with Crippen LogP contribution in [0.1, 0.15) is 20.8 Å². The fraction of sp³-hybridized carbons (Fsp3) is 0.235. The van der Waals surface area contributed by atoms with Crippen molar-refractivity contribution in [1.29, 1.82) is 0 Å². The van der Waals surface area contributed by atoms with Crippen molar-refractivity contribution in [3.05, 3.63) is 49.1 Å². The lowest BCUT2D eigenvalue weighted by Crippen LogP contribution is -2.26. The number of pyridine rings is 2. The van der Waals surface area contributed by atoms with E-state index in [9.17, 15) is 4.79 Å². The molecule has 0 spiro atoms. The van der Waals surface area contributed by atoms with Gasteiger partial charge >= 0.3 is 6.09 Å². The highest BCUT2D eigenvalue weighted by Crippen LogP contribution is 2.29. The Balaban J connectivity index is 2.15. The van der Waals surface area contributed by atoms with Crippen molar-refractivity contribution in [2.45, 2.75) is 26.4 Å². The molecule has 22 heavy (non-hydrogen) atoms. The molecule has 3 rings (SSSR count). The average Bonchev–Trinajstić information content (AvgIpc) is 2.86. The van der Waals surface area contributed by atoms with Crippen molar-refractivity contribution >= 4 is 17.1 Å². The molecule has 0 unspecified atom stereocenters. The van der Waals surface area contributed by atoms with E-state index in [0.29, 0.717) is 5.65 Å². The SMILES string of the molecule is CC(C)(C)OC(=O)n1cc(-c2cccnc2)c2cccnc21. The third-order valence-electron chi connectivity index (χ3n) is 3.13. The highest BCUT2D eigenvalue weighted by atomic mass is 16.6. The normalized spacial score (nSPS) is 11.6. The summed E-state index contributed by atoms with van der Waals surface area (Å²) in [6.45, 7) is 5.52. The number of ether oxygens (including phenoxy) is 1. The van der Waals surface area contributed by atoms with Gasteiger partial charge in [0.1, 0.15) is 11.2 Å². The Kier molecular flexibility index (Phi) is 3.41. The van der Waals surface area contributed by atoms with Crippen LogP contribution >= 0.6 is 0 Å². The fourth-order valence-corrected chi connectivity index (χ4v) is 2.26. The zero-order valence-corrected chi connectivity index (χ0v) is 12.8. The minimum atomic E-state index is -0.559. The minimum absolute atomic E-state index is 0.439. The standard InChI is InChI=1S/C17H17N3O2/c1-17(2,3)22-16(21)20-11-14(12-6-4-8-18-10-12)13-7-5-9-19-15(13)20/h4-11H,1-3H3. The maximum Gasteiger partial charge on any atom is 0.420 e. The summed E-state index contributed by atoms with van der Waals surface area (Å²) in [6.07, 6.45) is 6.46. The highest BCUT2D eigenvalue weighted by Gasteiger charge is 2.21. The molecule has 5 nitrogen and oxygen atoms in total. The van der Waals surface area contributed by atoms with Crippen LogP contribution in [0.5, 0.6) is 0 Å². The molecule has 0 bridgehead atoms. The summed E-state index contributed by atoms with van der Waals surface area (Å²) in [6, 6.07) is 7.60. The van der Waals surface area contributed by atoms with Gasteiger partial charge in [0.2, 0.25) is 0 Å². The summed E-state index contributed by atoms with van der Waals surface area (Å²) in [5.74, 6) is 0. The van der Waals surface area contributed by atoms with Crippen molar-refractivity contribution in [3.8, 4) is 11.1 Å². The van der Waals surface area contributed by atoms with Gasteiger partial charge in [-0.05, 0) is 39.0 Å². The predicted molar refractivity (Wildman–Crippen MR) is 84.6 cm³/mol. The Morgan fingerprint density at radius 3 is 2.64 bits per heavy atom. The van der Waals surface area contributed by atoms with Gasteiger partial charge in [0, 0.05) is 41.3 Å². The van der Waals surface area contributed by atoms with Crippen LogP contribution in [0.2, 0.25) is 0 Å². The van der Waals surface area contributed by atoms with Crippen molar-refractivity contribution in [2.24, 2.45) is 0 Å². The Morgan fingerprint density at radius 1 is 1.18 bits per heavy atom. The van der Waals surface area contributed by atoms with Gasteiger partial charge in [-0.15, -0.1) is 0 Å². The molecule has 5 heteroatoms. The fourth-order valence-electron chi connectivity index (χ4n) is 2.26. The van der Waals surface area contributed by atoms with E-state index in [1.54, 1.807) is 24.8 Å². The Labute approximate surface area is 128 Å². The van der Waals surface area contributed by atoms with Gasteiger partial charge < -0.3 is 4.74 Å². The molecular formula is C17H17N3O2. The molecule has 3 aromatic rings. The molecule has 0 N–H and O–H groups in total.